The van der Waals surface area contributed by atoms with Crippen LogP contribution >= 0.6 is 24.0 Å². The maximum atomic E-state index is 5.89. The van der Waals surface area contributed by atoms with Gasteiger partial charge in [0.1, 0.15) is 12.4 Å². The summed E-state index contributed by atoms with van der Waals surface area (Å²) < 4.78 is 11.2. The van der Waals surface area contributed by atoms with E-state index in [-0.39, 0.29) is 24.0 Å². The highest BCUT2D eigenvalue weighted by Crippen LogP contribution is 2.34. The van der Waals surface area contributed by atoms with Crippen LogP contribution in [0.15, 0.2) is 27.8 Å². The van der Waals surface area contributed by atoms with E-state index in [0.717, 1.165) is 25.3 Å². The van der Waals surface area contributed by atoms with Gasteiger partial charge < -0.3 is 19.8 Å². The molecule has 136 valence electrons. The predicted octanol–water partition coefficient (Wildman–Crippen LogP) is 2.06. The second-order valence-corrected chi connectivity index (χ2v) is 6.14. The lowest BCUT2D eigenvalue weighted by molar-refractivity contribution is 0.0992. The molecule has 25 heavy (non-hydrogen) atoms. The van der Waals surface area contributed by atoms with Crippen molar-refractivity contribution in [3.05, 3.63) is 24.2 Å². The van der Waals surface area contributed by atoms with Gasteiger partial charge in [0, 0.05) is 6.54 Å². The summed E-state index contributed by atoms with van der Waals surface area (Å²) >= 11 is 0. The average Bonchev–Trinajstić information content (AvgIpc) is 3.36. The zero-order chi connectivity index (χ0) is 16.4. The van der Waals surface area contributed by atoms with Crippen LogP contribution in [0.3, 0.4) is 0 Å². The molecule has 2 saturated heterocycles. The first-order valence-electron chi connectivity index (χ1n) is 8.47. The number of nitrogens with one attached hydrogen (secondary N) is 3. The van der Waals surface area contributed by atoms with Crippen molar-refractivity contribution < 1.29 is 9.15 Å². The molecule has 9 heteroatoms. The Morgan fingerprint density at radius 1 is 1.44 bits per heavy atom. The summed E-state index contributed by atoms with van der Waals surface area (Å²) in [6.45, 7) is 3.28. The predicted molar refractivity (Wildman–Crippen MR) is 104 cm³/mol. The SMILES string of the molecule is CCNC(=NCc1nc(-c2ccco2)n[nH]1)NC1CC2CCC1O2.I. The van der Waals surface area contributed by atoms with Crippen molar-refractivity contribution in [1.82, 2.24) is 25.8 Å². The molecule has 2 aliphatic heterocycles. The van der Waals surface area contributed by atoms with Gasteiger partial charge >= 0.3 is 0 Å². The van der Waals surface area contributed by atoms with Crippen molar-refractivity contribution in [2.45, 2.75) is 51.0 Å². The van der Waals surface area contributed by atoms with Gasteiger partial charge in [0.2, 0.25) is 5.82 Å². The summed E-state index contributed by atoms with van der Waals surface area (Å²) in [7, 11) is 0. The number of rotatable bonds is 5. The Labute approximate surface area is 163 Å². The maximum absolute atomic E-state index is 5.89. The largest absolute Gasteiger partial charge is 0.461 e. The molecule has 4 rings (SSSR count). The molecular formula is C16H23IN6O2. The minimum Gasteiger partial charge on any atom is -0.461 e. The quantitative estimate of drug-likeness (QED) is 0.361. The molecular weight excluding hydrogens is 435 g/mol. The Balaban J connectivity index is 0.00000182. The molecule has 4 heterocycles. The summed E-state index contributed by atoms with van der Waals surface area (Å²) in [6.07, 6.45) is 5.71. The first-order chi connectivity index (χ1) is 11.8. The molecule has 0 saturated carbocycles. The first-order valence-corrected chi connectivity index (χ1v) is 8.47. The highest BCUT2D eigenvalue weighted by molar-refractivity contribution is 14.0. The van der Waals surface area contributed by atoms with Gasteiger partial charge in [-0.25, -0.2) is 9.98 Å². The minimum absolute atomic E-state index is 0. The molecule has 3 atom stereocenters. The number of halogens is 1. The number of H-pyrrole nitrogens is 1. The normalized spacial score (nSPS) is 25.0. The molecule has 3 unspecified atom stereocenters. The van der Waals surface area contributed by atoms with Gasteiger partial charge in [-0.15, -0.1) is 29.1 Å². The molecule has 0 aliphatic carbocycles. The highest BCUT2D eigenvalue weighted by Gasteiger charge is 2.41. The number of guanidine groups is 1. The third-order valence-electron chi connectivity index (χ3n) is 4.43. The molecule has 3 N–H and O–H groups in total. The van der Waals surface area contributed by atoms with Crippen molar-refractivity contribution in [3.8, 4) is 11.6 Å². The Kier molecular flexibility index (Phi) is 5.94. The van der Waals surface area contributed by atoms with E-state index in [9.17, 15) is 0 Å². The van der Waals surface area contributed by atoms with Crippen molar-refractivity contribution in [2.24, 2.45) is 4.99 Å². The van der Waals surface area contributed by atoms with Gasteiger partial charge in [0.15, 0.2) is 11.7 Å². The van der Waals surface area contributed by atoms with Gasteiger partial charge in [0.25, 0.3) is 0 Å². The van der Waals surface area contributed by atoms with E-state index in [2.05, 4.69) is 37.7 Å². The number of aromatic amines is 1. The maximum Gasteiger partial charge on any atom is 0.216 e. The van der Waals surface area contributed by atoms with Crippen LogP contribution in [0.5, 0.6) is 0 Å². The van der Waals surface area contributed by atoms with Crippen molar-refractivity contribution in [1.29, 1.82) is 0 Å². The lowest BCUT2D eigenvalue weighted by Gasteiger charge is -2.22. The number of furan rings is 1. The average molecular weight is 458 g/mol. The van der Waals surface area contributed by atoms with Crippen molar-refractivity contribution >= 4 is 29.9 Å². The number of fused-ring (bicyclic) bond motifs is 2. The van der Waals surface area contributed by atoms with E-state index in [4.69, 9.17) is 9.15 Å². The van der Waals surface area contributed by atoms with Gasteiger partial charge in [-0.05, 0) is 38.3 Å². The Morgan fingerprint density at radius 3 is 3.04 bits per heavy atom. The van der Waals surface area contributed by atoms with Crippen LogP contribution in [-0.4, -0.2) is 45.9 Å². The molecule has 0 amide bonds. The van der Waals surface area contributed by atoms with Crippen molar-refractivity contribution in [3.63, 3.8) is 0 Å². The third-order valence-corrected chi connectivity index (χ3v) is 4.43. The number of aromatic nitrogens is 3. The summed E-state index contributed by atoms with van der Waals surface area (Å²) in [5.41, 5.74) is 0. The lowest BCUT2D eigenvalue weighted by atomic mass is 9.96. The number of hydrogen-bond acceptors (Lipinski definition) is 5. The molecule has 2 bridgehead atoms. The van der Waals surface area contributed by atoms with E-state index in [0.29, 0.717) is 42.2 Å². The number of ether oxygens (including phenoxy) is 1. The van der Waals surface area contributed by atoms with E-state index in [1.807, 2.05) is 12.1 Å². The van der Waals surface area contributed by atoms with Crippen LogP contribution in [0.25, 0.3) is 11.6 Å². The summed E-state index contributed by atoms with van der Waals surface area (Å²) in [5, 5.41) is 13.8. The monoisotopic (exact) mass is 458 g/mol. The van der Waals surface area contributed by atoms with E-state index in [1.54, 1.807) is 6.26 Å². The highest BCUT2D eigenvalue weighted by atomic mass is 127. The fourth-order valence-electron chi connectivity index (χ4n) is 3.32. The zero-order valence-electron chi connectivity index (χ0n) is 14.1. The Bertz CT molecular complexity index is 701. The molecule has 2 aromatic heterocycles. The van der Waals surface area contributed by atoms with E-state index < -0.39 is 0 Å². The second-order valence-electron chi connectivity index (χ2n) is 6.14. The van der Waals surface area contributed by atoms with Gasteiger partial charge in [-0.3, -0.25) is 5.10 Å². The van der Waals surface area contributed by atoms with Crippen LogP contribution in [0.1, 0.15) is 32.0 Å². The molecule has 0 aromatic carbocycles. The summed E-state index contributed by atoms with van der Waals surface area (Å²) in [5.74, 6) is 2.67. The standard InChI is InChI=1S/C16H22N6O2.HI/c1-2-17-16(19-11-8-10-5-6-12(11)24-10)18-9-14-20-15(22-21-14)13-4-3-7-23-13;/h3-4,7,10-12H,2,5-6,8-9H2,1H3,(H2,17,18,19)(H,20,21,22);1H. The molecule has 0 spiro atoms. The zero-order valence-corrected chi connectivity index (χ0v) is 16.4. The molecule has 2 fully saturated rings. The third kappa shape index (κ3) is 4.14. The fraction of sp³-hybridized carbons (Fsp3) is 0.562. The number of hydrogen-bond donors (Lipinski definition) is 3. The van der Waals surface area contributed by atoms with E-state index >= 15 is 0 Å². The smallest absolute Gasteiger partial charge is 0.216 e. The minimum atomic E-state index is 0. The molecule has 2 aromatic rings. The Hall–Kier alpha value is -1.62. The molecule has 8 nitrogen and oxygen atoms in total. The molecule has 2 aliphatic rings. The van der Waals surface area contributed by atoms with Gasteiger partial charge in [-0.2, -0.15) is 0 Å². The number of nitrogens with zero attached hydrogens (tertiary/aromatic N) is 3. The topological polar surface area (TPSA) is 100 Å². The first kappa shape index (κ1) is 18.2. The van der Waals surface area contributed by atoms with Gasteiger partial charge in [0.05, 0.1) is 24.5 Å². The van der Waals surface area contributed by atoms with Crippen LogP contribution < -0.4 is 10.6 Å². The summed E-state index contributed by atoms with van der Waals surface area (Å²) in [4.78, 5) is 9.01. The van der Waals surface area contributed by atoms with Crippen LogP contribution in [0.2, 0.25) is 0 Å². The van der Waals surface area contributed by atoms with Crippen molar-refractivity contribution in [2.75, 3.05) is 6.54 Å². The fourth-order valence-corrected chi connectivity index (χ4v) is 3.32. The lowest BCUT2D eigenvalue weighted by Crippen LogP contribution is -2.47. The molecule has 0 radical (unpaired) electrons. The van der Waals surface area contributed by atoms with Crippen LogP contribution in [0, 0.1) is 0 Å². The Morgan fingerprint density at radius 2 is 2.36 bits per heavy atom. The van der Waals surface area contributed by atoms with E-state index in [1.165, 1.54) is 6.42 Å². The summed E-state index contributed by atoms with van der Waals surface area (Å²) in [6, 6.07) is 3.99. The second kappa shape index (κ2) is 8.17. The van der Waals surface area contributed by atoms with Crippen LogP contribution in [0.4, 0.5) is 0 Å². The van der Waals surface area contributed by atoms with Gasteiger partial charge in [-0.1, -0.05) is 0 Å². The number of aliphatic imine (C=N–C) groups is 1. The van der Waals surface area contributed by atoms with Crippen LogP contribution in [-0.2, 0) is 11.3 Å².